The van der Waals surface area contributed by atoms with Crippen LogP contribution in [0.15, 0.2) is 60.8 Å². The summed E-state index contributed by atoms with van der Waals surface area (Å²) >= 11 is 5.86. The first-order chi connectivity index (χ1) is 17.3. The fraction of sp³-hybridized carbons (Fsp3) is 0.259. The number of carbonyl (C=O) groups excluding carboxylic acids is 2. The number of unbranched alkanes of at least 4 members (excludes halogenated alkanes) is 2. The second-order valence-electron chi connectivity index (χ2n) is 8.24. The zero-order valence-corrected chi connectivity index (χ0v) is 21.4. The number of amidine groups is 1. The highest BCUT2D eigenvalue weighted by Crippen LogP contribution is 2.24. The number of hydrogen-bond donors (Lipinski definition) is 3. The topological polar surface area (TPSA) is 107 Å². The van der Waals surface area contributed by atoms with Crippen molar-refractivity contribution in [3.8, 4) is 5.75 Å². The molecule has 188 valence electrons. The van der Waals surface area contributed by atoms with Crippen molar-refractivity contribution in [3.05, 3.63) is 82.5 Å². The number of rotatable bonds is 10. The number of ether oxygens (including phenoxy) is 1. The van der Waals surface area contributed by atoms with Crippen LogP contribution < -0.4 is 15.4 Å². The third kappa shape index (κ3) is 7.05. The molecule has 9 heteroatoms. The number of benzene rings is 2. The van der Waals surface area contributed by atoms with E-state index < -0.39 is 5.91 Å². The lowest BCUT2D eigenvalue weighted by Gasteiger charge is -2.20. The highest BCUT2D eigenvalue weighted by molar-refractivity contribution is 6.30. The predicted molar refractivity (Wildman–Crippen MR) is 144 cm³/mol. The Hall–Kier alpha value is -3.91. The minimum Gasteiger partial charge on any atom is -0.497 e. The van der Waals surface area contributed by atoms with Gasteiger partial charge in [0.2, 0.25) is 0 Å². The maximum atomic E-state index is 13.0. The van der Waals surface area contributed by atoms with Gasteiger partial charge in [-0.05, 0) is 48.9 Å². The number of amides is 2. The van der Waals surface area contributed by atoms with Crippen LogP contribution in [0.5, 0.6) is 5.75 Å². The molecule has 3 aromatic rings. The molecule has 0 aliphatic rings. The number of aromatic nitrogens is 1. The molecule has 0 aliphatic carbocycles. The molecular weight excluding hydrogens is 478 g/mol. The zero-order valence-electron chi connectivity index (χ0n) is 20.6. The Bertz CT molecular complexity index is 1210. The predicted octanol–water partition coefficient (Wildman–Crippen LogP) is 5.70. The molecule has 0 spiro atoms. The Morgan fingerprint density at radius 2 is 1.72 bits per heavy atom. The monoisotopic (exact) mass is 507 g/mol. The lowest BCUT2D eigenvalue weighted by molar-refractivity contribution is 0.102. The summed E-state index contributed by atoms with van der Waals surface area (Å²) in [4.78, 5) is 31.9. The van der Waals surface area contributed by atoms with E-state index in [0.29, 0.717) is 33.7 Å². The summed E-state index contributed by atoms with van der Waals surface area (Å²) in [6.07, 6.45) is 4.71. The first-order valence-corrected chi connectivity index (χ1v) is 12.0. The molecule has 0 bridgehead atoms. The van der Waals surface area contributed by atoms with Crippen LogP contribution in [-0.4, -0.2) is 48.2 Å². The molecule has 0 saturated heterocycles. The molecule has 0 fully saturated rings. The van der Waals surface area contributed by atoms with Gasteiger partial charge in [0.25, 0.3) is 11.8 Å². The number of hydrogen-bond acceptors (Lipinski definition) is 5. The molecule has 2 amide bonds. The van der Waals surface area contributed by atoms with Crippen molar-refractivity contribution in [2.24, 2.45) is 0 Å². The SMILES string of the molecule is CCCCCN(C)C(=N)c1ccc(C(=O)Nc2ccc(OC)cc2C(=O)Nc2ccc(Cl)cn2)cc1. The minimum atomic E-state index is -0.464. The highest BCUT2D eigenvalue weighted by Gasteiger charge is 2.17. The summed E-state index contributed by atoms with van der Waals surface area (Å²) in [6, 6.07) is 14.8. The third-order valence-corrected chi connectivity index (χ3v) is 5.81. The van der Waals surface area contributed by atoms with E-state index in [9.17, 15) is 9.59 Å². The Morgan fingerprint density at radius 1 is 1.00 bits per heavy atom. The first kappa shape index (κ1) is 26.7. The van der Waals surface area contributed by atoms with Crippen LogP contribution in [0.3, 0.4) is 0 Å². The van der Waals surface area contributed by atoms with Gasteiger partial charge in [0, 0.05) is 30.9 Å². The lowest BCUT2D eigenvalue weighted by Crippen LogP contribution is -2.27. The van der Waals surface area contributed by atoms with Crippen molar-refractivity contribution in [3.63, 3.8) is 0 Å². The van der Waals surface area contributed by atoms with Crippen LogP contribution in [-0.2, 0) is 0 Å². The van der Waals surface area contributed by atoms with Gasteiger partial charge >= 0.3 is 0 Å². The Kier molecular flexibility index (Phi) is 9.41. The molecule has 36 heavy (non-hydrogen) atoms. The van der Waals surface area contributed by atoms with Gasteiger partial charge in [0.1, 0.15) is 17.4 Å². The molecule has 0 radical (unpaired) electrons. The van der Waals surface area contributed by atoms with Gasteiger partial charge in [-0.2, -0.15) is 0 Å². The Balaban J connectivity index is 1.74. The van der Waals surface area contributed by atoms with Crippen LogP contribution in [0.2, 0.25) is 5.02 Å². The second kappa shape index (κ2) is 12.7. The van der Waals surface area contributed by atoms with E-state index in [0.717, 1.165) is 31.4 Å². The average Bonchev–Trinajstić information content (AvgIpc) is 2.89. The number of carbonyl (C=O) groups is 2. The van der Waals surface area contributed by atoms with Gasteiger partial charge in [-0.25, -0.2) is 4.98 Å². The third-order valence-electron chi connectivity index (χ3n) is 5.59. The van der Waals surface area contributed by atoms with Crippen molar-refractivity contribution in [2.75, 3.05) is 31.3 Å². The average molecular weight is 508 g/mol. The van der Waals surface area contributed by atoms with Gasteiger partial charge in [-0.15, -0.1) is 0 Å². The number of nitrogens with zero attached hydrogens (tertiary/aromatic N) is 2. The Labute approximate surface area is 216 Å². The highest BCUT2D eigenvalue weighted by atomic mass is 35.5. The fourth-order valence-electron chi connectivity index (χ4n) is 3.49. The summed E-state index contributed by atoms with van der Waals surface area (Å²) in [5.41, 5.74) is 1.67. The number of halogens is 1. The zero-order chi connectivity index (χ0) is 26.1. The largest absolute Gasteiger partial charge is 0.497 e. The van der Waals surface area contributed by atoms with Gasteiger partial charge in [0.15, 0.2) is 0 Å². The normalized spacial score (nSPS) is 10.4. The summed E-state index contributed by atoms with van der Waals surface area (Å²) in [6.45, 7) is 2.95. The molecule has 0 unspecified atom stereocenters. The molecule has 8 nitrogen and oxygen atoms in total. The summed E-state index contributed by atoms with van der Waals surface area (Å²) in [7, 11) is 3.39. The second-order valence-corrected chi connectivity index (χ2v) is 8.67. The van der Waals surface area contributed by atoms with Crippen LogP contribution in [0, 0.1) is 5.41 Å². The van der Waals surface area contributed by atoms with Crippen LogP contribution in [0.1, 0.15) is 52.5 Å². The molecule has 3 rings (SSSR count). The number of nitrogens with one attached hydrogen (secondary N) is 3. The van der Waals surface area contributed by atoms with Gasteiger partial charge in [0.05, 0.1) is 23.4 Å². The van der Waals surface area contributed by atoms with Gasteiger partial charge in [-0.1, -0.05) is 43.5 Å². The van der Waals surface area contributed by atoms with E-state index in [1.807, 2.05) is 11.9 Å². The fourth-order valence-corrected chi connectivity index (χ4v) is 3.60. The standard InChI is InChI=1S/C27H30ClN5O3/c1-4-5-6-15-33(2)25(29)18-7-9-19(10-8-18)26(34)31-23-13-12-21(36-3)16-22(23)27(35)32-24-14-11-20(28)17-30-24/h7-14,16-17,29H,4-6,15H2,1-3H3,(H,31,34)(H,30,32,35). The van der Waals surface area contributed by atoms with Crippen molar-refractivity contribution in [1.82, 2.24) is 9.88 Å². The molecule has 3 N–H and O–H groups in total. The first-order valence-electron chi connectivity index (χ1n) is 11.6. The van der Waals surface area contributed by atoms with Gasteiger partial charge < -0.3 is 20.3 Å². The number of anilines is 2. The maximum absolute atomic E-state index is 13.0. The summed E-state index contributed by atoms with van der Waals surface area (Å²) in [5.74, 6) is 0.348. The van der Waals surface area contributed by atoms with Crippen molar-refractivity contribution in [2.45, 2.75) is 26.2 Å². The van der Waals surface area contributed by atoms with Gasteiger partial charge in [-0.3, -0.25) is 15.0 Å². The van der Waals surface area contributed by atoms with E-state index in [1.54, 1.807) is 54.6 Å². The van der Waals surface area contributed by atoms with Crippen LogP contribution >= 0.6 is 11.6 Å². The lowest BCUT2D eigenvalue weighted by atomic mass is 10.1. The van der Waals surface area contributed by atoms with Crippen molar-refractivity contribution in [1.29, 1.82) is 5.41 Å². The van der Waals surface area contributed by atoms with E-state index in [2.05, 4.69) is 22.5 Å². The van der Waals surface area contributed by atoms with E-state index in [1.165, 1.54) is 13.3 Å². The number of pyridine rings is 1. The summed E-state index contributed by atoms with van der Waals surface area (Å²) in [5, 5.41) is 14.3. The molecule has 0 atom stereocenters. The van der Waals surface area contributed by atoms with Crippen molar-refractivity contribution >= 4 is 40.8 Å². The number of methoxy groups -OCH3 is 1. The molecule has 0 saturated carbocycles. The van der Waals surface area contributed by atoms with Crippen molar-refractivity contribution < 1.29 is 14.3 Å². The molecular formula is C27H30ClN5O3. The Morgan fingerprint density at radius 3 is 2.36 bits per heavy atom. The summed E-state index contributed by atoms with van der Waals surface area (Å²) < 4.78 is 5.25. The minimum absolute atomic E-state index is 0.214. The van der Waals surface area contributed by atoms with E-state index >= 15 is 0 Å². The van der Waals surface area contributed by atoms with E-state index in [-0.39, 0.29) is 11.5 Å². The van der Waals surface area contributed by atoms with Crippen LogP contribution in [0.25, 0.3) is 0 Å². The molecule has 1 aromatic heterocycles. The molecule has 0 aliphatic heterocycles. The molecule has 1 heterocycles. The van der Waals surface area contributed by atoms with E-state index in [4.69, 9.17) is 21.7 Å². The van der Waals surface area contributed by atoms with Crippen LogP contribution in [0.4, 0.5) is 11.5 Å². The molecule has 2 aromatic carbocycles. The maximum Gasteiger partial charge on any atom is 0.259 e. The quantitative estimate of drug-likeness (QED) is 0.185. The smallest absolute Gasteiger partial charge is 0.259 e.